The topological polar surface area (TPSA) is 69.9 Å². The molecule has 1 aromatic carbocycles. The highest BCUT2D eigenvalue weighted by molar-refractivity contribution is 7.98. The maximum absolute atomic E-state index is 12.8. The number of hydrogen-bond acceptors (Lipinski definition) is 6. The fraction of sp³-hybridized carbons (Fsp3) is 0.125. The summed E-state index contributed by atoms with van der Waals surface area (Å²) in [6.45, 7) is 3.97. The first-order chi connectivity index (χ1) is 11.6. The van der Waals surface area contributed by atoms with Gasteiger partial charge >= 0.3 is 0 Å². The molecule has 0 radical (unpaired) electrons. The Morgan fingerprint density at radius 3 is 3.00 bits per heavy atom. The summed E-state index contributed by atoms with van der Waals surface area (Å²) < 4.78 is 6.79. The SMILES string of the molecule is C=CCOc1cccc(-n2c(Cl)nc3nc(SC)ncc3c2=O)c1. The van der Waals surface area contributed by atoms with E-state index >= 15 is 0 Å². The second-order valence-electron chi connectivity index (χ2n) is 4.71. The van der Waals surface area contributed by atoms with E-state index in [0.717, 1.165) is 0 Å². The van der Waals surface area contributed by atoms with Crippen molar-refractivity contribution in [2.45, 2.75) is 5.16 Å². The molecular weight excluding hydrogens is 348 g/mol. The Labute approximate surface area is 147 Å². The van der Waals surface area contributed by atoms with Crippen LogP contribution in [-0.4, -0.2) is 32.4 Å². The Kier molecular flexibility index (Phi) is 4.82. The molecule has 0 aliphatic carbocycles. The summed E-state index contributed by atoms with van der Waals surface area (Å²) in [5, 5.41) is 0.858. The highest BCUT2D eigenvalue weighted by Gasteiger charge is 2.13. The zero-order chi connectivity index (χ0) is 17.1. The van der Waals surface area contributed by atoms with Crippen molar-refractivity contribution >= 4 is 34.4 Å². The van der Waals surface area contributed by atoms with Crippen molar-refractivity contribution in [3.8, 4) is 11.4 Å². The second-order valence-corrected chi connectivity index (χ2v) is 5.82. The molecular formula is C16H13ClN4O2S. The van der Waals surface area contributed by atoms with Crippen molar-refractivity contribution < 1.29 is 4.74 Å². The highest BCUT2D eigenvalue weighted by Crippen LogP contribution is 2.20. The lowest BCUT2D eigenvalue weighted by molar-refractivity contribution is 0.363. The standard InChI is InChI=1S/C16H13ClN4O2S/c1-3-7-23-11-6-4-5-10(8-11)21-14(22)12-9-18-16(24-2)20-13(12)19-15(21)17/h3-6,8-9H,1,7H2,2H3. The van der Waals surface area contributed by atoms with E-state index in [1.807, 2.05) is 6.26 Å². The Morgan fingerprint density at radius 2 is 2.25 bits per heavy atom. The number of fused-ring (bicyclic) bond motifs is 1. The normalized spacial score (nSPS) is 10.8. The molecule has 6 nitrogen and oxygen atoms in total. The van der Waals surface area contributed by atoms with Gasteiger partial charge in [0.2, 0.25) is 5.28 Å². The van der Waals surface area contributed by atoms with Crippen LogP contribution in [0.4, 0.5) is 0 Å². The van der Waals surface area contributed by atoms with Crippen molar-refractivity contribution in [2.75, 3.05) is 12.9 Å². The van der Waals surface area contributed by atoms with E-state index in [1.54, 1.807) is 30.3 Å². The molecule has 0 saturated heterocycles. The van der Waals surface area contributed by atoms with E-state index in [0.29, 0.717) is 28.6 Å². The van der Waals surface area contributed by atoms with Crippen molar-refractivity contribution in [3.05, 3.63) is 58.8 Å². The van der Waals surface area contributed by atoms with Crippen LogP contribution >= 0.6 is 23.4 Å². The molecule has 122 valence electrons. The van der Waals surface area contributed by atoms with Crippen LogP contribution in [0.3, 0.4) is 0 Å². The third-order valence-corrected chi connectivity index (χ3v) is 4.00. The lowest BCUT2D eigenvalue weighted by atomic mass is 10.3. The van der Waals surface area contributed by atoms with Crippen molar-refractivity contribution in [3.63, 3.8) is 0 Å². The van der Waals surface area contributed by atoms with Crippen LogP contribution in [0.15, 0.2) is 53.1 Å². The molecule has 3 aromatic rings. The molecule has 8 heteroatoms. The Balaban J connectivity index is 2.16. The smallest absolute Gasteiger partial charge is 0.270 e. The minimum Gasteiger partial charge on any atom is -0.489 e. The summed E-state index contributed by atoms with van der Waals surface area (Å²) >= 11 is 7.59. The van der Waals surface area contributed by atoms with Crippen LogP contribution in [0.1, 0.15) is 0 Å². The van der Waals surface area contributed by atoms with Gasteiger partial charge in [0.15, 0.2) is 10.8 Å². The van der Waals surface area contributed by atoms with E-state index in [4.69, 9.17) is 16.3 Å². The lowest BCUT2D eigenvalue weighted by Gasteiger charge is -2.11. The van der Waals surface area contributed by atoms with Gasteiger partial charge in [-0.15, -0.1) is 0 Å². The molecule has 0 N–H and O–H groups in total. The van der Waals surface area contributed by atoms with Crippen molar-refractivity contribution in [2.24, 2.45) is 0 Å². The average Bonchev–Trinajstić information content (AvgIpc) is 2.59. The zero-order valence-corrected chi connectivity index (χ0v) is 14.3. The number of aromatic nitrogens is 4. The fourth-order valence-electron chi connectivity index (χ4n) is 2.12. The molecule has 0 amide bonds. The molecule has 0 atom stereocenters. The van der Waals surface area contributed by atoms with Gasteiger partial charge < -0.3 is 4.74 Å². The van der Waals surface area contributed by atoms with Crippen molar-refractivity contribution in [1.82, 2.24) is 19.5 Å². The number of ether oxygens (including phenoxy) is 1. The zero-order valence-electron chi connectivity index (χ0n) is 12.8. The van der Waals surface area contributed by atoms with E-state index in [2.05, 4.69) is 21.5 Å². The minimum atomic E-state index is -0.335. The first-order valence-electron chi connectivity index (χ1n) is 6.97. The Bertz CT molecular complexity index is 974. The van der Waals surface area contributed by atoms with Crippen LogP contribution in [0.5, 0.6) is 5.75 Å². The summed E-state index contributed by atoms with van der Waals surface area (Å²) in [7, 11) is 0. The van der Waals surface area contributed by atoms with Gasteiger partial charge in [-0.25, -0.2) is 9.97 Å². The summed E-state index contributed by atoms with van der Waals surface area (Å²) in [5.74, 6) is 0.601. The third kappa shape index (κ3) is 3.13. The predicted octanol–water partition coefficient (Wildman–Crippen LogP) is 3.12. The van der Waals surface area contributed by atoms with Crippen molar-refractivity contribution in [1.29, 1.82) is 0 Å². The van der Waals surface area contributed by atoms with Gasteiger partial charge in [0.1, 0.15) is 17.7 Å². The molecule has 24 heavy (non-hydrogen) atoms. The summed E-state index contributed by atoms with van der Waals surface area (Å²) in [6, 6.07) is 7.02. The fourth-order valence-corrected chi connectivity index (χ4v) is 2.71. The molecule has 0 aliphatic heterocycles. The van der Waals surface area contributed by atoms with Gasteiger partial charge in [-0.3, -0.25) is 9.36 Å². The largest absolute Gasteiger partial charge is 0.489 e. The number of nitrogens with zero attached hydrogens (tertiary/aromatic N) is 4. The first-order valence-corrected chi connectivity index (χ1v) is 8.57. The summed E-state index contributed by atoms with van der Waals surface area (Å²) in [4.78, 5) is 25.3. The van der Waals surface area contributed by atoms with Crippen LogP contribution in [0, 0.1) is 0 Å². The van der Waals surface area contributed by atoms with E-state index in [9.17, 15) is 4.79 Å². The summed E-state index contributed by atoms with van der Waals surface area (Å²) in [6.07, 6.45) is 4.96. The van der Waals surface area contributed by atoms with Gasteiger partial charge in [-0.2, -0.15) is 4.98 Å². The Morgan fingerprint density at radius 1 is 1.42 bits per heavy atom. The quantitative estimate of drug-likeness (QED) is 0.395. The summed E-state index contributed by atoms with van der Waals surface area (Å²) in [5.41, 5.74) is 0.494. The molecule has 2 aromatic heterocycles. The van der Waals surface area contributed by atoms with Crippen LogP contribution in [-0.2, 0) is 0 Å². The van der Waals surface area contributed by atoms with Crippen LogP contribution in [0.25, 0.3) is 16.7 Å². The second kappa shape index (κ2) is 7.02. The maximum Gasteiger partial charge on any atom is 0.270 e. The van der Waals surface area contributed by atoms with E-state index in [1.165, 1.54) is 22.5 Å². The van der Waals surface area contributed by atoms with E-state index < -0.39 is 0 Å². The predicted molar refractivity (Wildman–Crippen MR) is 95.4 cm³/mol. The average molecular weight is 361 g/mol. The number of rotatable bonds is 5. The molecule has 0 fully saturated rings. The van der Waals surface area contributed by atoms with Gasteiger partial charge in [0, 0.05) is 12.3 Å². The number of thioether (sulfide) groups is 1. The number of hydrogen-bond donors (Lipinski definition) is 0. The van der Waals surface area contributed by atoms with Gasteiger partial charge in [0.05, 0.1) is 5.69 Å². The van der Waals surface area contributed by atoms with Gasteiger partial charge in [-0.1, -0.05) is 30.5 Å². The molecule has 0 aliphatic rings. The monoisotopic (exact) mass is 360 g/mol. The Hall–Kier alpha value is -2.38. The molecule has 0 saturated carbocycles. The van der Waals surface area contributed by atoms with Gasteiger partial charge in [0.25, 0.3) is 5.56 Å². The molecule has 0 bridgehead atoms. The lowest BCUT2D eigenvalue weighted by Crippen LogP contribution is -2.21. The highest BCUT2D eigenvalue weighted by atomic mass is 35.5. The maximum atomic E-state index is 12.8. The molecule has 2 heterocycles. The minimum absolute atomic E-state index is 0.0270. The van der Waals surface area contributed by atoms with E-state index in [-0.39, 0.29) is 16.5 Å². The van der Waals surface area contributed by atoms with Crippen LogP contribution in [0.2, 0.25) is 5.28 Å². The molecule has 0 unspecified atom stereocenters. The number of benzene rings is 1. The van der Waals surface area contributed by atoms with Gasteiger partial charge in [-0.05, 0) is 30.0 Å². The third-order valence-electron chi connectivity index (χ3n) is 3.19. The number of halogens is 1. The molecule has 3 rings (SSSR count). The molecule has 0 spiro atoms. The first kappa shape index (κ1) is 16.5. The van der Waals surface area contributed by atoms with Crippen LogP contribution < -0.4 is 10.3 Å².